The minimum Gasteiger partial charge on any atom is -0.208 e. The van der Waals surface area contributed by atoms with Gasteiger partial charge in [0.25, 0.3) is 0 Å². The predicted octanol–water partition coefficient (Wildman–Crippen LogP) is 25.4. The molecule has 0 atom stereocenters. The number of fused-ring (bicyclic) bond motifs is 6. The van der Waals surface area contributed by atoms with Crippen molar-refractivity contribution in [3.63, 3.8) is 0 Å². The molecule has 0 saturated carbocycles. The van der Waals surface area contributed by atoms with Gasteiger partial charge in [0.2, 0.25) is 0 Å². The maximum Gasteiger partial charge on any atom is 0.164 e. The van der Waals surface area contributed by atoms with E-state index in [-0.39, 0.29) is 5.41 Å². The smallest absolute Gasteiger partial charge is 0.164 e. The van der Waals surface area contributed by atoms with Crippen LogP contribution in [0.4, 0.5) is 0 Å². The number of aromatic nitrogens is 6. The number of benzene rings is 15. The molecule has 512 valence electrons. The van der Waals surface area contributed by atoms with Gasteiger partial charge >= 0.3 is 0 Å². The Morgan fingerprint density at radius 3 is 0.843 bits per heavy atom. The SMILES string of the molecule is CC1(C)c2ccccc2-c2ccc(-c3ccc(-c4ccc(-c5nc(-c6ccccc6-c6ccccc6)nc(-c6ccccc6-c6ccccc6)n5)cc4)cc3)cc21.Cc1ccc(C2(c3ccc(C)cc3)c3ccccc3-c3ccc(-c4ccc(-c5nc(-c6ccccc6)nc(-c6ccccc6)n5)cc4)cc32)cc1. The number of rotatable bonds is 13. The van der Waals surface area contributed by atoms with Crippen LogP contribution >= 0.6 is 0 Å². The van der Waals surface area contributed by atoms with E-state index in [2.05, 4.69) is 319 Å². The quantitative estimate of drug-likeness (QED) is 0.114. The first-order chi connectivity index (χ1) is 53.1. The molecule has 19 rings (SSSR count). The molecule has 2 heterocycles. The standard InChI is InChI=1S/C54H39N3.C48H35N3/c1-54(2)49-24-14-13-21-45(49)46-34-33-42(35-50(46)54)38-27-25-36(26-28-38)37-29-31-41(32-30-37)51-55-52(47-22-11-9-19-43(47)39-15-5-3-6-16-39)57-53(56-51)48-23-12-10-20-44(48)40-17-7-4-8-18-40;1-32-17-26-39(27-18-32)48(40-28-19-33(2)20-29-40)43-16-10-9-15-41(43)42-30-25-38(31-44(42)48)34-21-23-37(24-22-34)47-50-45(35-11-5-3-6-12-35)49-46(51-47)36-13-7-4-8-14-36/h3-35H,1-2H3;3-31H,1-2H3. The van der Waals surface area contributed by atoms with E-state index in [4.69, 9.17) is 29.9 Å². The average molecular weight is 1380 g/mol. The number of nitrogens with zero attached hydrogens (tertiary/aromatic N) is 6. The molecule has 0 N–H and O–H groups in total. The van der Waals surface area contributed by atoms with Crippen LogP contribution < -0.4 is 0 Å². The Morgan fingerprint density at radius 2 is 0.435 bits per heavy atom. The fourth-order valence-electron chi connectivity index (χ4n) is 16.0. The molecule has 2 aliphatic carbocycles. The van der Waals surface area contributed by atoms with Gasteiger partial charge in [-0.1, -0.05) is 389 Å². The lowest BCUT2D eigenvalue weighted by Gasteiger charge is -2.34. The first-order valence-corrected chi connectivity index (χ1v) is 37.0. The zero-order chi connectivity index (χ0) is 72.7. The van der Waals surface area contributed by atoms with E-state index in [0.29, 0.717) is 34.9 Å². The average Bonchev–Trinajstić information content (AvgIpc) is 1.53. The Balaban J connectivity index is 0.000000153. The van der Waals surface area contributed by atoms with Gasteiger partial charge in [-0.2, -0.15) is 0 Å². The summed E-state index contributed by atoms with van der Waals surface area (Å²) in [4.78, 5) is 30.3. The van der Waals surface area contributed by atoms with Crippen LogP contribution in [0.5, 0.6) is 0 Å². The number of aryl methyl sites for hydroxylation is 2. The molecule has 0 radical (unpaired) electrons. The molecule has 0 saturated heterocycles. The second-order valence-corrected chi connectivity index (χ2v) is 28.6. The maximum atomic E-state index is 5.19. The highest BCUT2D eigenvalue weighted by molar-refractivity contribution is 5.90. The van der Waals surface area contributed by atoms with E-state index >= 15 is 0 Å². The van der Waals surface area contributed by atoms with Gasteiger partial charge < -0.3 is 0 Å². The van der Waals surface area contributed by atoms with Gasteiger partial charge in [-0.05, 0) is 137 Å². The van der Waals surface area contributed by atoms with Gasteiger partial charge in [0, 0.05) is 38.8 Å². The van der Waals surface area contributed by atoms with Crippen molar-refractivity contribution < 1.29 is 0 Å². The summed E-state index contributed by atoms with van der Waals surface area (Å²) in [5.41, 5.74) is 32.4. The van der Waals surface area contributed by atoms with Crippen LogP contribution in [0, 0.1) is 13.8 Å². The van der Waals surface area contributed by atoms with Crippen molar-refractivity contribution in [2.24, 2.45) is 0 Å². The van der Waals surface area contributed by atoms with Gasteiger partial charge in [0.1, 0.15) is 0 Å². The van der Waals surface area contributed by atoms with Gasteiger partial charge in [-0.25, -0.2) is 29.9 Å². The summed E-state index contributed by atoms with van der Waals surface area (Å²) in [5, 5.41) is 0. The molecule has 0 aliphatic heterocycles. The minimum atomic E-state index is -0.449. The van der Waals surface area contributed by atoms with E-state index in [1.165, 1.54) is 83.5 Å². The monoisotopic (exact) mass is 1380 g/mol. The van der Waals surface area contributed by atoms with Crippen molar-refractivity contribution in [3.05, 3.63) is 421 Å². The lowest BCUT2D eigenvalue weighted by Crippen LogP contribution is -2.28. The molecule has 0 spiro atoms. The van der Waals surface area contributed by atoms with Crippen LogP contribution in [0.15, 0.2) is 376 Å². The normalized spacial score (nSPS) is 12.6. The van der Waals surface area contributed by atoms with Crippen molar-refractivity contribution in [1.29, 1.82) is 0 Å². The number of hydrogen-bond donors (Lipinski definition) is 0. The summed E-state index contributed by atoms with van der Waals surface area (Å²) in [6.45, 7) is 8.98. The van der Waals surface area contributed by atoms with Crippen LogP contribution in [0.1, 0.15) is 58.4 Å². The Kier molecular flexibility index (Phi) is 17.2. The highest BCUT2D eigenvalue weighted by Gasteiger charge is 2.46. The zero-order valence-corrected chi connectivity index (χ0v) is 60.5. The van der Waals surface area contributed by atoms with E-state index < -0.39 is 5.41 Å². The molecule has 2 aliphatic rings. The molecular weight excluding hydrogens is 1310 g/mol. The summed E-state index contributed by atoms with van der Waals surface area (Å²) in [6.07, 6.45) is 0. The summed E-state index contributed by atoms with van der Waals surface area (Å²) in [5.74, 6) is 3.86. The molecular formula is C102H74N6. The fraction of sp³-hybridized carbons (Fsp3) is 0.0588. The lowest BCUT2D eigenvalue weighted by atomic mass is 9.67. The van der Waals surface area contributed by atoms with Gasteiger partial charge in [-0.3, -0.25) is 0 Å². The second kappa shape index (κ2) is 28.1. The molecule has 15 aromatic carbocycles. The molecule has 17 aromatic rings. The van der Waals surface area contributed by atoms with Crippen molar-refractivity contribution in [3.8, 4) is 146 Å². The maximum absolute atomic E-state index is 5.19. The van der Waals surface area contributed by atoms with Gasteiger partial charge in [-0.15, -0.1) is 0 Å². The Labute approximate surface area is 631 Å². The van der Waals surface area contributed by atoms with E-state index in [9.17, 15) is 0 Å². The molecule has 0 amide bonds. The van der Waals surface area contributed by atoms with Crippen molar-refractivity contribution in [2.45, 2.75) is 38.5 Å². The van der Waals surface area contributed by atoms with Crippen LogP contribution in [0.2, 0.25) is 0 Å². The second-order valence-electron chi connectivity index (χ2n) is 28.6. The van der Waals surface area contributed by atoms with E-state index in [0.717, 1.165) is 72.3 Å². The first-order valence-electron chi connectivity index (χ1n) is 37.0. The van der Waals surface area contributed by atoms with Crippen LogP contribution in [0.25, 0.3) is 146 Å². The van der Waals surface area contributed by atoms with Crippen LogP contribution in [0.3, 0.4) is 0 Å². The van der Waals surface area contributed by atoms with Crippen LogP contribution in [-0.2, 0) is 10.8 Å². The van der Waals surface area contributed by atoms with Crippen molar-refractivity contribution in [2.75, 3.05) is 0 Å². The summed E-state index contributed by atoms with van der Waals surface area (Å²) in [7, 11) is 0. The largest absolute Gasteiger partial charge is 0.208 e. The van der Waals surface area contributed by atoms with E-state index in [1.54, 1.807) is 0 Å². The van der Waals surface area contributed by atoms with Crippen LogP contribution in [-0.4, -0.2) is 29.9 Å². The zero-order valence-electron chi connectivity index (χ0n) is 60.5. The fourth-order valence-corrected chi connectivity index (χ4v) is 16.0. The third-order valence-electron chi connectivity index (χ3n) is 21.6. The first kappa shape index (κ1) is 66.3. The number of hydrogen-bond acceptors (Lipinski definition) is 6. The molecule has 0 bridgehead atoms. The Morgan fingerprint density at radius 1 is 0.176 bits per heavy atom. The molecule has 0 unspecified atom stereocenters. The molecule has 6 nitrogen and oxygen atoms in total. The van der Waals surface area contributed by atoms with Gasteiger partial charge in [0.15, 0.2) is 34.9 Å². The Bertz CT molecular complexity index is 5950. The highest BCUT2D eigenvalue weighted by Crippen LogP contribution is 2.57. The van der Waals surface area contributed by atoms with Crippen molar-refractivity contribution >= 4 is 0 Å². The molecule has 2 aromatic heterocycles. The minimum absolute atomic E-state index is 0.0275. The Hall–Kier alpha value is -13.7. The summed E-state index contributed by atoms with van der Waals surface area (Å²) < 4.78 is 0. The predicted molar refractivity (Wildman–Crippen MR) is 444 cm³/mol. The molecule has 108 heavy (non-hydrogen) atoms. The summed E-state index contributed by atoms with van der Waals surface area (Å²) in [6, 6.07) is 134. The lowest BCUT2D eigenvalue weighted by molar-refractivity contribution is 0.660. The van der Waals surface area contributed by atoms with Gasteiger partial charge in [0.05, 0.1) is 5.41 Å². The van der Waals surface area contributed by atoms with Crippen molar-refractivity contribution in [1.82, 2.24) is 29.9 Å². The topological polar surface area (TPSA) is 77.3 Å². The third kappa shape index (κ3) is 12.3. The summed E-state index contributed by atoms with van der Waals surface area (Å²) >= 11 is 0. The molecule has 6 heteroatoms. The highest BCUT2D eigenvalue weighted by atomic mass is 15.0. The van der Waals surface area contributed by atoms with E-state index in [1.807, 2.05) is 84.9 Å². The third-order valence-corrected chi connectivity index (χ3v) is 21.6. The molecule has 0 fully saturated rings.